The van der Waals surface area contributed by atoms with E-state index in [4.69, 9.17) is 11.6 Å². The molecule has 0 bridgehead atoms. The molecule has 1 unspecified atom stereocenters. The molecule has 0 aliphatic heterocycles. The van der Waals surface area contributed by atoms with Crippen molar-refractivity contribution in [1.29, 1.82) is 0 Å². The van der Waals surface area contributed by atoms with Crippen molar-refractivity contribution < 1.29 is 22.8 Å². The van der Waals surface area contributed by atoms with Crippen molar-refractivity contribution in [2.24, 2.45) is 0 Å². The molecule has 11 nitrogen and oxygen atoms in total. The number of sulfonamides is 1. The summed E-state index contributed by atoms with van der Waals surface area (Å²) in [5.41, 5.74) is 1.57. The maximum absolute atomic E-state index is 13.0. The van der Waals surface area contributed by atoms with Crippen LogP contribution in [0.4, 0.5) is 4.79 Å². The number of halogens is 1. The lowest BCUT2D eigenvalue weighted by Gasteiger charge is -2.21. The maximum Gasteiger partial charge on any atom is 0.329 e. The summed E-state index contributed by atoms with van der Waals surface area (Å²) < 4.78 is 27.0. The van der Waals surface area contributed by atoms with E-state index in [1.165, 1.54) is 37.5 Å². The van der Waals surface area contributed by atoms with Crippen LogP contribution < -0.4 is 20.7 Å². The van der Waals surface area contributed by atoms with E-state index in [0.29, 0.717) is 18.0 Å². The van der Waals surface area contributed by atoms with Crippen molar-refractivity contribution in [3.8, 4) is 0 Å². The fourth-order valence-electron chi connectivity index (χ4n) is 3.32. The predicted molar refractivity (Wildman–Crippen MR) is 137 cm³/mol. The first-order chi connectivity index (χ1) is 17.6. The van der Waals surface area contributed by atoms with Gasteiger partial charge in [-0.25, -0.2) is 22.9 Å². The van der Waals surface area contributed by atoms with Crippen molar-refractivity contribution >= 4 is 39.5 Å². The van der Waals surface area contributed by atoms with E-state index in [1.54, 1.807) is 36.5 Å². The Morgan fingerprint density at radius 2 is 1.70 bits per heavy atom. The van der Waals surface area contributed by atoms with E-state index in [9.17, 15) is 22.8 Å². The summed E-state index contributed by atoms with van der Waals surface area (Å²) in [5.74, 6) is -1.07. The van der Waals surface area contributed by atoms with Gasteiger partial charge in [-0.1, -0.05) is 41.9 Å². The summed E-state index contributed by atoms with van der Waals surface area (Å²) in [4.78, 5) is 44.7. The zero-order chi connectivity index (χ0) is 26.8. The third-order valence-electron chi connectivity index (χ3n) is 5.26. The molecule has 3 aromatic rings. The van der Waals surface area contributed by atoms with Crippen molar-refractivity contribution in [1.82, 2.24) is 30.6 Å². The molecule has 0 spiro atoms. The summed E-state index contributed by atoms with van der Waals surface area (Å²) in [5, 5.41) is 8.02. The summed E-state index contributed by atoms with van der Waals surface area (Å²) in [6, 6.07) is 10.9. The van der Waals surface area contributed by atoms with Gasteiger partial charge in [-0.15, -0.1) is 0 Å². The van der Waals surface area contributed by atoms with E-state index >= 15 is 0 Å². The van der Waals surface area contributed by atoms with Crippen LogP contribution in [0.2, 0.25) is 5.02 Å². The molecule has 13 heteroatoms. The van der Waals surface area contributed by atoms with E-state index in [1.807, 2.05) is 4.72 Å². The third-order valence-corrected chi connectivity index (χ3v) is 6.85. The molecule has 0 aliphatic rings. The molecule has 2 atom stereocenters. The van der Waals surface area contributed by atoms with E-state index in [0.717, 1.165) is 11.3 Å². The largest absolute Gasteiger partial charge is 0.354 e. The fourth-order valence-corrected chi connectivity index (χ4v) is 4.36. The number of amides is 4. The van der Waals surface area contributed by atoms with E-state index < -0.39 is 40.0 Å². The molecular formula is C24H27ClN6O5S. The van der Waals surface area contributed by atoms with Crippen molar-refractivity contribution in [2.75, 3.05) is 6.54 Å². The van der Waals surface area contributed by atoms with Crippen LogP contribution in [0.5, 0.6) is 0 Å². The molecular weight excluding hydrogens is 520 g/mol. The van der Waals surface area contributed by atoms with Crippen LogP contribution >= 0.6 is 11.6 Å². The number of hydrogen-bond donors (Lipinski definition) is 5. The minimum atomic E-state index is -4.21. The number of benzene rings is 2. The lowest BCUT2D eigenvalue weighted by Crippen LogP contribution is -2.55. The Morgan fingerprint density at radius 3 is 2.35 bits per heavy atom. The van der Waals surface area contributed by atoms with Gasteiger partial charge in [0.05, 0.1) is 11.2 Å². The first-order valence-electron chi connectivity index (χ1n) is 11.3. The molecule has 0 aliphatic carbocycles. The predicted octanol–water partition coefficient (Wildman–Crippen LogP) is 1.53. The van der Waals surface area contributed by atoms with Crippen molar-refractivity contribution in [3.05, 3.63) is 83.4 Å². The summed E-state index contributed by atoms with van der Waals surface area (Å²) in [6.07, 6.45) is 3.79. The van der Waals surface area contributed by atoms with E-state index in [2.05, 4.69) is 25.9 Å². The van der Waals surface area contributed by atoms with Gasteiger partial charge in [0.25, 0.3) is 10.0 Å². The Balaban J connectivity index is 1.63. The molecule has 2 aromatic carbocycles. The fraction of sp³-hybridized carbons (Fsp3) is 0.250. The Kier molecular flexibility index (Phi) is 9.64. The Labute approximate surface area is 219 Å². The maximum atomic E-state index is 13.0. The number of nitrogens with zero attached hydrogens (tertiary/aromatic N) is 1. The zero-order valence-electron chi connectivity index (χ0n) is 19.9. The number of hydrogen-bond acceptors (Lipinski definition) is 6. The first kappa shape index (κ1) is 27.7. The number of aromatic nitrogens is 2. The monoisotopic (exact) mass is 546 g/mol. The summed E-state index contributed by atoms with van der Waals surface area (Å²) in [6.45, 7) is 1.84. The number of nitrogens with one attached hydrogen (secondary N) is 5. The molecule has 37 heavy (non-hydrogen) atoms. The van der Waals surface area contributed by atoms with Crippen LogP contribution in [0.3, 0.4) is 0 Å². The topological polar surface area (TPSA) is 162 Å². The minimum Gasteiger partial charge on any atom is -0.354 e. The molecule has 1 heterocycles. The molecule has 0 saturated heterocycles. The van der Waals surface area contributed by atoms with Crippen LogP contribution in [0, 0.1) is 0 Å². The highest BCUT2D eigenvalue weighted by Gasteiger charge is 2.26. The standard InChI is InChI=1S/C24H27ClN6O5S/c1-16(22(32)27-12-11-19-14-26-15-28-19)29-23(33)21(13-17-5-3-2-4-6-17)30-24(34)31-37(35,36)20-9-7-18(25)8-10-20/h2-10,14-16,21H,11-13H2,1H3,(H,26,28)(H,27,32)(H,29,33)(H2,30,31,34)/t16?,21-/m0/s1. The van der Waals surface area contributed by atoms with Crippen LogP contribution in [-0.4, -0.2) is 54.9 Å². The van der Waals surface area contributed by atoms with Gasteiger partial charge < -0.3 is 20.9 Å². The molecule has 4 amide bonds. The second-order valence-electron chi connectivity index (χ2n) is 8.12. The molecule has 0 saturated carbocycles. The van der Waals surface area contributed by atoms with Gasteiger partial charge in [0.15, 0.2) is 0 Å². The Hall–Kier alpha value is -3.90. The SMILES string of the molecule is CC(NC(=O)[C@H](Cc1ccccc1)NC(=O)NS(=O)(=O)c1ccc(Cl)cc1)C(=O)NCCc1cnc[nH]1. The number of imidazole rings is 1. The van der Waals surface area contributed by atoms with Gasteiger partial charge in [0, 0.05) is 36.3 Å². The van der Waals surface area contributed by atoms with Crippen LogP contribution in [0.25, 0.3) is 0 Å². The molecule has 5 N–H and O–H groups in total. The number of carbonyl (C=O) groups is 3. The second-order valence-corrected chi connectivity index (χ2v) is 10.2. The van der Waals surface area contributed by atoms with Crippen LogP contribution in [-0.2, 0) is 32.5 Å². The van der Waals surface area contributed by atoms with Gasteiger partial charge >= 0.3 is 6.03 Å². The summed E-state index contributed by atoms with van der Waals surface area (Å²) in [7, 11) is -4.21. The summed E-state index contributed by atoms with van der Waals surface area (Å²) >= 11 is 5.79. The van der Waals surface area contributed by atoms with Gasteiger partial charge in [0.1, 0.15) is 12.1 Å². The molecule has 0 radical (unpaired) electrons. The minimum absolute atomic E-state index is 0.0647. The third kappa shape index (κ3) is 8.62. The number of urea groups is 1. The van der Waals surface area contributed by atoms with Gasteiger partial charge in [0.2, 0.25) is 11.8 Å². The molecule has 0 fully saturated rings. The molecule has 3 rings (SSSR count). The van der Waals surface area contributed by atoms with Crippen molar-refractivity contribution in [2.45, 2.75) is 36.7 Å². The van der Waals surface area contributed by atoms with Crippen molar-refractivity contribution in [3.63, 3.8) is 0 Å². The van der Waals surface area contributed by atoms with E-state index in [-0.39, 0.29) is 11.3 Å². The highest BCUT2D eigenvalue weighted by Crippen LogP contribution is 2.14. The Morgan fingerprint density at radius 1 is 1.00 bits per heavy atom. The smallest absolute Gasteiger partial charge is 0.329 e. The number of aromatic amines is 1. The first-order valence-corrected chi connectivity index (χ1v) is 13.2. The van der Waals surface area contributed by atoms with Gasteiger partial charge in [-0.05, 0) is 36.8 Å². The number of carbonyl (C=O) groups excluding carboxylic acids is 3. The Bertz CT molecular complexity index is 1300. The van der Waals surface area contributed by atoms with Crippen LogP contribution in [0.15, 0.2) is 72.0 Å². The highest BCUT2D eigenvalue weighted by atomic mass is 35.5. The lowest BCUT2D eigenvalue weighted by molar-refractivity contribution is -0.129. The number of rotatable bonds is 11. The van der Waals surface area contributed by atoms with Gasteiger partial charge in [-0.3, -0.25) is 9.59 Å². The normalized spacial score (nSPS) is 12.7. The molecule has 196 valence electrons. The lowest BCUT2D eigenvalue weighted by atomic mass is 10.0. The van der Waals surface area contributed by atoms with Gasteiger partial charge in [-0.2, -0.15) is 0 Å². The molecule has 1 aromatic heterocycles. The number of H-pyrrole nitrogens is 1. The average Bonchev–Trinajstić information content (AvgIpc) is 3.37. The average molecular weight is 547 g/mol. The highest BCUT2D eigenvalue weighted by molar-refractivity contribution is 7.90. The zero-order valence-corrected chi connectivity index (χ0v) is 21.5. The van der Waals surface area contributed by atoms with Crippen LogP contribution in [0.1, 0.15) is 18.2 Å². The second kappa shape index (κ2) is 12.9. The quantitative estimate of drug-likeness (QED) is 0.245.